The van der Waals surface area contributed by atoms with E-state index in [1.807, 2.05) is 85.1 Å². The Bertz CT molecular complexity index is 1180. The molecule has 0 saturated heterocycles. The molecular weight excluding hydrogens is 442 g/mol. The average Bonchev–Trinajstić information content (AvgIpc) is 3.29. The van der Waals surface area contributed by atoms with E-state index in [4.69, 9.17) is 21.1 Å². The van der Waals surface area contributed by atoms with Crippen molar-refractivity contribution in [3.05, 3.63) is 94.3 Å². The highest BCUT2D eigenvalue weighted by Crippen LogP contribution is 2.29. The lowest BCUT2D eigenvalue weighted by molar-refractivity contribution is 0.269. The molecule has 32 heavy (non-hydrogen) atoms. The molecule has 162 valence electrons. The third-order valence-electron chi connectivity index (χ3n) is 4.52. The Morgan fingerprint density at radius 1 is 1.00 bits per heavy atom. The monoisotopic (exact) mass is 463 g/mol. The number of halogens is 1. The van der Waals surface area contributed by atoms with Crippen LogP contribution >= 0.6 is 22.9 Å². The first-order valence-electron chi connectivity index (χ1n) is 10.2. The largest absolute Gasteiger partial charge is 0.490 e. The number of hydrogen-bond acceptors (Lipinski definition) is 6. The molecule has 1 heterocycles. The van der Waals surface area contributed by atoms with Gasteiger partial charge in [0.2, 0.25) is 5.13 Å². The fraction of sp³-hybridized carbons (Fsp3) is 0.120. The first kappa shape index (κ1) is 21.9. The summed E-state index contributed by atoms with van der Waals surface area (Å²) in [5.41, 5.74) is 6.87. The van der Waals surface area contributed by atoms with Crippen molar-refractivity contribution >= 4 is 34.3 Å². The van der Waals surface area contributed by atoms with E-state index in [1.54, 1.807) is 6.21 Å². The predicted octanol–water partition coefficient (Wildman–Crippen LogP) is 6.89. The Kier molecular flexibility index (Phi) is 7.38. The first-order valence-corrected chi connectivity index (χ1v) is 11.4. The highest BCUT2D eigenvalue weighted by Gasteiger charge is 2.07. The Labute approximate surface area is 196 Å². The van der Waals surface area contributed by atoms with Crippen LogP contribution in [0.3, 0.4) is 0 Å². The smallest absolute Gasteiger partial charge is 0.203 e. The van der Waals surface area contributed by atoms with Gasteiger partial charge in [0.05, 0.1) is 18.5 Å². The van der Waals surface area contributed by atoms with E-state index < -0.39 is 0 Å². The molecule has 7 heteroatoms. The summed E-state index contributed by atoms with van der Waals surface area (Å²) in [7, 11) is 0. The second-order valence-electron chi connectivity index (χ2n) is 6.83. The van der Waals surface area contributed by atoms with E-state index in [0.29, 0.717) is 34.9 Å². The van der Waals surface area contributed by atoms with Gasteiger partial charge in [0.1, 0.15) is 6.61 Å². The molecule has 0 amide bonds. The molecule has 0 spiro atoms. The number of nitrogens with one attached hydrogen (secondary N) is 1. The zero-order valence-corrected chi connectivity index (χ0v) is 19.1. The SMILES string of the molecule is CCOc1cc(/C=N/Nc2nc(-c3ccc(Cl)cc3)cs2)ccc1OCc1ccccc1. The second-order valence-corrected chi connectivity index (χ2v) is 8.12. The number of rotatable bonds is 9. The molecule has 0 aliphatic rings. The standard InChI is InChI=1S/C25H22ClN3O2S/c1-2-30-24-14-19(8-13-23(24)31-16-18-6-4-3-5-7-18)15-27-29-25-28-22(17-32-25)20-9-11-21(26)12-10-20/h3-15,17H,2,16H2,1H3,(H,28,29)/b27-15+. The van der Waals surface area contributed by atoms with Crippen LogP contribution in [0.5, 0.6) is 11.5 Å². The predicted molar refractivity (Wildman–Crippen MR) is 132 cm³/mol. The third kappa shape index (κ3) is 5.87. The molecule has 3 aromatic carbocycles. The molecule has 0 atom stereocenters. The summed E-state index contributed by atoms with van der Waals surface area (Å²) in [4.78, 5) is 4.56. The molecule has 0 saturated carbocycles. The van der Waals surface area contributed by atoms with Gasteiger partial charge in [-0.3, -0.25) is 5.43 Å². The van der Waals surface area contributed by atoms with Gasteiger partial charge in [-0.2, -0.15) is 5.10 Å². The fourth-order valence-corrected chi connectivity index (χ4v) is 3.76. The summed E-state index contributed by atoms with van der Waals surface area (Å²) in [6, 6.07) is 23.4. The van der Waals surface area contributed by atoms with Crippen LogP contribution in [-0.2, 0) is 6.61 Å². The summed E-state index contributed by atoms with van der Waals surface area (Å²) in [5.74, 6) is 1.39. The topological polar surface area (TPSA) is 55.7 Å². The van der Waals surface area contributed by atoms with Crippen LogP contribution in [0, 0.1) is 0 Å². The summed E-state index contributed by atoms with van der Waals surface area (Å²) in [6.07, 6.45) is 1.73. The first-order chi connectivity index (χ1) is 15.7. The molecule has 0 radical (unpaired) electrons. The minimum Gasteiger partial charge on any atom is -0.490 e. The lowest BCUT2D eigenvalue weighted by Crippen LogP contribution is -2.00. The quantitative estimate of drug-likeness (QED) is 0.217. The van der Waals surface area contributed by atoms with Crippen molar-refractivity contribution in [3.63, 3.8) is 0 Å². The zero-order chi connectivity index (χ0) is 22.2. The fourth-order valence-electron chi connectivity index (χ4n) is 2.97. The van der Waals surface area contributed by atoms with Crippen LogP contribution in [-0.4, -0.2) is 17.8 Å². The highest BCUT2D eigenvalue weighted by molar-refractivity contribution is 7.14. The van der Waals surface area contributed by atoms with Crippen LogP contribution in [0.4, 0.5) is 5.13 Å². The molecule has 0 aliphatic heterocycles. The molecule has 4 aromatic rings. The molecule has 0 unspecified atom stereocenters. The number of hydrogen-bond donors (Lipinski definition) is 1. The Balaban J connectivity index is 1.40. The van der Waals surface area contributed by atoms with Crippen molar-refractivity contribution in [2.45, 2.75) is 13.5 Å². The second kappa shape index (κ2) is 10.8. The summed E-state index contributed by atoms with van der Waals surface area (Å²) >= 11 is 7.44. The van der Waals surface area contributed by atoms with E-state index in [2.05, 4.69) is 15.5 Å². The lowest BCUT2D eigenvalue weighted by atomic mass is 10.2. The normalized spacial score (nSPS) is 10.9. The Morgan fingerprint density at radius 3 is 2.59 bits per heavy atom. The van der Waals surface area contributed by atoms with Gasteiger partial charge >= 0.3 is 0 Å². The van der Waals surface area contributed by atoms with Gasteiger partial charge in [0.15, 0.2) is 11.5 Å². The zero-order valence-electron chi connectivity index (χ0n) is 17.5. The van der Waals surface area contributed by atoms with Crippen molar-refractivity contribution in [2.75, 3.05) is 12.0 Å². The average molecular weight is 464 g/mol. The third-order valence-corrected chi connectivity index (χ3v) is 5.52. The maximum Gasteiger partial charge on any atom is 0.203 e. The molecule has 1 aromatic heterocycles. The number of benzene rings is 3. The summed E-state index contributed by atoms with van der Waals surface area (Å²) < 4.78 is 11.7. The number of thiazole rings is 1. The van der Waals surface area contributed by atoms with Crippen molar-refractivity contribution in [2.24, 2.45) is 5.10 Å². The van der Waals surface area contributed by atoms with E-state index in [9.17, 15) is 0 Å². The highest BCUT2D eigenvalue weighted by atomic mass is 35.5. The maximum absolute atomic E-state index is 5.95. The van der Waals surface area contributed by atoms with Gasteiger partial charge in [-0.1, -0.05) is 54.1 Å². The number of aromatic nitrogens is 1. The van der Waals surface area contributed by atoms with Gasteiger partial charge in [0, 0.05) is 16.0 Å². The van der Waals surface area contributed by atoms with Crippen LogP contribution in [0.2, 0.25) is 5.02 Å². The van der Waals surface area contributed by atoms with E-state index >= 15 is 0 Å². The van der Waals surface area contributed by atoms with Crippen LogP contribution < -0.4 is 14.9 Å². The maximum atomic E-state index is 5.95. The van der Waals surface area contributed by atoms with Crippen LogP contribution in [0.25, 0.3) is 11.3 Å². The Hall–Kier alpha value is -3.35. The van der Waals surface area contributed by atoms with Gasteiger partial charge in [-0.15, -0.1) is 11.3 Å². The molecular formula is C25H22ClN3O2S. The van der Waals surface area contributed by atoms with Crippen molar-refractivity contribution in [3.8, 4) is 22.8 Å². The summed E-state index contributed by atoms with van der Waals surface area (Å²) in [6.45, 7) is 2.98. The van der Waals surface area contributed by atoms with Gasteiger partial charge < -0.3 is 9.47 Å². The summed E-state index contributed by atoms with van der Waals surface area (Å²) in [5, 5.41) is 7.70. The van der Waals surface area contributed by atoms with Crippen molar-refractivity contribution < 1.29 is 9.47 Å². The number of hydrazone groups is 1. The molecule has 4 rings (SSSR count). The molecule has 0 bridgehead atoms. The Morgan fingerprint density at radius 2 is 1.81 bits per heavy atom. The van der Waals surface area contributed by atoms with Crippen molar-refractivity contribution in [1.82, 2.24) is 4.98 Å². The van der Waals surface area contributed by atoms with E-state index in [1.165, 1.54) is 11.3 Å². The lowest BCUT2D eigenvalue weighted by Gasteiger charge is -2.12. The number of ether oxygens (including phenoxy) is 2. The number of nitrogens with zero attached hydrogens (tertiary/aromatic N) is 2. The molecule has 1 N–H and O–H groups in total. The van der Waals surface area contributed by atoms with Gasteiger partial charge in [-0.05, 0) is 48.4 Å². The number of anilines is 1. The van der Waals surface area contributed by atoms with E-state index in [0.717, 1.165) is 22.4 Å². The molecule has 5 nitrogen and oxygen atoms in total. The van der Waals surface area contributed by atoms with Crippen LogP contribution in [0.1, 0.15) is 18.1 Å². The van der Waals surface area contributed by atoms with Gasteiger partial charge in [0.25, 0.3) is 0 Å². The minimum absolute atomic E-state index is 0.482. The minimum atomic E-state index is 0.482. The van der Waals surface area contributed by atoms with Crippen molar-refractivity contribution in [1.29, 1.82) is 0 Å². The molecule has 0 aliphatic carbocycles. The van der Waals surface area contributed by atoms with Gasteiger partial charge in [-0.25, -0.2) is 4.98 Å². The molecule has 0 fully saturated rings. The van der Waals surface area contributed by atoms with Crippen LogP contribution in [0.15, 0.2) is 83.3 Å². The van der Waals surface area contributed by atoms with E-state index in [-0.39, 0.29) is 0 Å².